The third kappa shape index (κ3) is 5.43. The lowest BCUT2D eigenvalue weighted by atomic mass is 9.92. The van der Waals surface area contributed by atoms with Gasteiger partial charge >= 0.3 is 0 Å². The Morgan fingerprint density at radius 3 is 1.14 bits per heavy atom. The predicted molar refractivity (Wildman–Crippen MR) is 140 cm³/mol. The molecular formula is C31H32O4. The summed E-state index contributed by atoms with van der Waals surface area (Å²) in [7, 11) is 0. The van der Waals surface area contributed by atoms with Gasteiger partial charge in [-0.15, -0.1) is 0 Å². The Morgan fingerprint density at radius 2 is 0.800 bits per heavy atom. The molecular weight excluding hydrogens is 436 g/mol. The minimum atomic E-state index is 0.210. The van der Waals surface area contributed by atoms with E-state index in [0.29, 0.717) is 19.3 Å². The van der Waals surface area contributed by atoms with E-state index in [4.69, 9.17) is 0 Å². The van der Waals surface area contributed by atoms with Crippen LogP contribution in [0.5, 0.6) is 23.0 Å². The largest absolute Gasteiger partial charge is 0.508 e. The van der Waals surface area contributed by atoms with Crippen molar-refractivity contribution in [1.82, 2.24) is 0 Å². The monoisotopic (exact) mass is 468 g/mol. The molecule has 4 rings (SSSR count). The zero-order valence-corrected chi connectivity index (χ0v) is 20.7. The number of aryl methyl sites for hydroxylation is 4. The molecule has 0 bridgehead atoms. The fraction of sp³-hybridized carbons (Fsp3) is 0.226. The fourth-order valence-electron chi connectivity index (χ4n) is 4.58. The second kappa shape index (κ2) is 9.75. The van der Waals surface area contributed by atoms with E-state index in [1.54, 1.807) is 12.1 Å². The highest BCUT2D eigenvalue weighted by Gasteiger charge is 2.16. The SMILES string of the molecule is Cc1cc(Cc2ccc(C)c(O)c2)c(O)c(Cc2cc(C)cc(Cc3ccc(C)c(O)c3)c2O)c1. The van der Waals surface area contributed by atoms with Crippen LogP contribution in [0.3, 0.4) is 0 Å². The summed E-state index contributed by atoms with van der Waals surface area (Å²) in [6.07, 6.45) is 1.38. The Morgan fingerprint density at radius 1 is 0.457 bits per heavy atom. The lowest BCUT2D eigenvalue weighted by Crippen LogP contribution is -1.99. The van der Waals surface area contributed by atoms with Gasteiger partial charge in [-0.3, -0.25) is 0 Å². The van der Waals surface area contributed by atoms with E-state index in [1.807, 2.05) is 76.2 Å². The van der Waals surface area contributed by atoms with Crippen LogP contribution >= 0.6 is 0 Å². The van der Waals surface area contributed by atoms with Gasteiger partial charge in [0.2, 0.25) is 0 Å². The number of phenolic OH excluding ortho intramolecular Hbond substituents is 4. The van der Waals surface area contributed by atoms with E-state index < -0.39 is 0 Å². The smallest absolute Gasteiger partial charge is 0.122 e. The maximum atomic E-state index is 11.1. The van der Waals surface area contributed by atoms with E-state index in [1.165, 1.54) is 0 Å². The molecule has 0 unspecified atom stereocenters. The lowest BCUT2D eigenvalue weighted by molar-refractivity contribution is 0.456. The van der Waals surface area contributed by atoms with Crippen LogP contribution in [0.15, 0.2) is 60.7 Å². The van der Waals surface area contributed by atoms with Gasteiger partial charge in [-0.25, -0.2) is 0 Å². The Hall–Kier alpha value is -3.92. The Labute approximate surface area is 206 Å². The first kappa shape index (κ1) is 24.2. The van der Waals surface area contributed by atoms with Crippen LogP contribution in [0.2, 0.25) is 0 Å². The van der Waals surface area contributed by atoms with E-state index in [-0.39, 0.29) is 23.0 Å². The highest BCUT2D eigenvalue weighted by molar-refractivity contribution is 5.53. The molecule has 4 N–H and O–H groups in total. The maximum absolute atomic E-state index is 11.1. The van der Waals surface area contributed by atoms with Gasteiger partial charge in [-0.1, -0.05) is 59.7 Å². The summed E-state index contributed by atoms with van der Waals surface area (Å²) in [6, 6.07) is 18.9. The molecule has 0 fully saturated rings. The van der Waals surface area contributed by atoms with Crippen molar-refractivity contribution in [2.45, 2.75) is 47.0 Å². The van der Waals surface area contributed by atoms with Crippen LogP contribution in [0, 0.1) is 27.7 Å². The zero-order chi connectivity index (χ0) is 25.3. The molecule has 0 heterocycles. The van der Waals surface area contributed by atoms with Crippen molar-refractivity contribution in [2.75, 3.05) is 0 Å². The highest BCUT2D eigenvalue weighted by Crippen LogP contribution is 2.34. The number of benzene rings is 4. The molecule has 4 nitrogen and oxygen atoms in total. The van der Waals surface area contributed by atoms with Crippen LogP contribution in [-0.2, 0) is 19.3 Å². The summed E-state index contributed by atoms with van der Waals surface area (Å²) >= 11 is 0. The first-order chi connectivity index (χ1) is 16.6. The average Bonchev–Trinajstić information content (AvgIpc) is 2.79. The summed E-state index contributed by atoms with van der Waals surface area (Å²) < 4.78 is 0. The van der Waals surface area contributed by atoms with Gasteiger partial charge < -0.3 is 20.4 Å². The molecule has 0 aromatic heterocycles. The van der Waals surface area contributed by atoms with Gasteiger partial charge in [0.05, 0.1) is 0 Å². The summed E-state index contributed by atoms with van der Waals surface area (Å²) in [6.45, 7) is 7.69. The molecule has 4 aromatic carbocycles. The minimum Gasteiger partial charge on any atom is -0.508 e. The van der Waals surface area contributed by atoms with Crippen LogP contribution in [0.1, 0.15) is 55.6 Å². The molecule has 0 aliphatic rings. The molecule has 0 aliphatic heterocycles. The Bertz CT molecular complexity index is 1290. The summed E-state index contributed by atoms with van der Waals surface area (Å²) in [5, 5.41) is 42.3. The highest BCUT2D eigenvalue weighted by atomic mass is 16.3. The molecule has 0 amide bonds. The van der Waals surface area contributed by atoms with Gasteiger partial charge in [-0.05, 0) is 84.3 Å². The van der Waals surface area contributed by atoms with Crippen molar-refractivity contribution in [3.8, 4) is 23.0 Å². The van der Waals surface area contributed by atoms with Gasteiger partial charge in [0.15, 0.2) is 0 Å². The first-order valence-electron chi connectivity index (χ1n) is 11.8. The number of rotatable bonds is 6. The minimum absolute atomic E-state index is 0.210. The molecule has 35 heavy (non-hydrogen) atoms. The van der Waals surface area contributed by atoms with Crippen LogP contribution in [0.4, 0.5) is 0 Å². The molecule has 0 atom stereocenters. The number of aromatic hydroxyl groups is 4. The van der Waals surface area contributed by atoms with Crippen molar-refractivity contribution < 1.29 is 20.4 Å². The molecule has 180 valence electrons. The predicted octanol–water partition coefficient (Wildman–Crippen LogP) is 6.52. The normalized spacial score (nSPS) is 11.1. The molecule has 0 spiro atoms. The lowest BCUT2D eigenvalue weighted by Gasteiger charge is -2.16. The van der Waals surface area contributed by atoms with Crippen molar-refractivity contribution in [2.24, 2.45) is 0 Å². The first-order valence-corrected chi connectivity index (χ1v) is 11.8. The molecule has 4 heteroatoms. The topological polar surface area (TPSA) is 80.9 Å². The molecule has 0 saturated carbocycles. The summed E-state index contributed by atoms with van der Waals surface area (Å²) in [4.78, 5) is 0. The second-order valence-electron chi connectivity index (χ2n) is 9.64. The maximum Gasteiger partial charge on any atom is 0.122 e. The Kier molecular flexibility index (Phi) is 6.74. The third-order valence-electron chi connectivity index (χ3n) is 6.54. The van der Waals surface area contributed by atoms with Gasteiger partial charge in [0.1, 0.15) is 23.0 Å². The van der Waals surface area contributed by atoms with E-state index in [9.17, 15) is 20.4 Å². The molecule has 0 aliphatic carbocycles. The quantitative estimate of drug-likeness (QED) is 0.260. The van der Waals surface area contributed by atoms with Crippen molar-refractivity contribution in [3.05, 3.63) is 116 Å². The molecule has 4 aromatic rings. The van der Waals surface area contributed by atoms with E-state index in [0.717, 1.165) is 55.6 Å². The van der Waals surface area contributed by atoms with Crippen molar-refractivity contribution in [1.29, 1.82) is 0 Å². The number of phenols is 4. The third-order valence-corrected chi connectivity index (χ3v) is 6.54. The summed E-state index contributed by atoms with van der Waals surface area (Å²) in [5.74, 6) is 0.908. The van der Waals surface area contributed by atoms with E-state index in [2.05, 4.69) is 0 Å². The van der Waals surface area contributed by atoms with Crippen molar-refractivity contribution >= 4 is 0 Å². The van der Waals surface area contributed by atoms with Crippen LogP contribution < -0.4 is 0 Å². The van der Waals surface area contributed by atoms with Crippen LogP contribution in [0.25, 0.3) is 0 Å². The number of hydrogen-bond acceptors (Lipinski definition) is 4. The second-order valence-corrected chi connectivity index (χ2v) is 9.64. The molecule has 0 radical (unpaired) electrons. The van der Waals surface area contributed by atoms with Gasteiger partial charge in [0, 0.05) is 19.3 Å². The average molecular weight is 469 g/mol. The standard InChI is InChI=1S/C31H32O4/c1-18-9-24(13-22-7-5-20(3)28(32)15-22)30(34)26(11-18)17-27-12-19(2)10-25(31(27)35)14-23-8-6-21(4)29(33)16-23/h5-12,15-16,32-35H,13-14,17H2,1-4H3. The molecule has 0 saturated heterocycles. The van der Waals surface area contributed by atoms with Crippen molar-refractivity contribution in [3.63, 3.8) is 0 Å². The number of hydrogen-bond donors (Lipinski definition) is 4. The van der Waals surface area contributed by atoms with E-state index >= 15 is 0 Å². The van der Waals surface area contributed by atoms with Crippen LogP contribution in [-0.4, -0.2) is 20.4 Å². The van der Waals surface area contributed by atoms with Gasteiger partial charge in [-0.2, -0.15) is 0 Å². The Balaban J connectivity index is 1.65. The zero-order valence-electron chi connectivity index (χ0n) is 20.7. The fourth-order valence-corrected chi connectivity index (χ4v) is 4.58. The summed E-state index contributed by atoms with van der Waals surface area (Å²) in [5.41, 5.74) is 8.56. The van der Waals surface area contributed by atoms with Gasteiger partial charge in [0.25, 0.3) is 0 Å².